The van der Waals surface area contributed by atoms with E-state index in [4.69, 9.17) is 0 Å². The largest absolute Gasteiger partial charge is 0.465 e. The number of ether oxygens (including phenoxy) is 1. The quantitative estimate of drug-likeness (QED) is 0.799. The molecular formula is C17H16FNO4S. The van der Waals surface area contributed by atoms with E-state index in [-0.39, 0.29) is 18.0 Å². The van der Waals surface area contributed by atoms with Gasteiger partial charge in [0.25, 0.3) is 10.0 Å². The van der Waals surface area contributed by atoms with Crippen LogP contribution in [0.5, 0.6) is 0 Å². The minimum Gasteiger partial charge on any atom is -0.465 e. The molecule has 0 aromatic heterocycles. The second kappa shape index (κ2) is 5.90. The van der Waals surface area contributed by atoms with Gasteiger partial charge in [0.05, 0.1) is 18.4 Å². The Hall–Kier alpha value is -2.41. The summed E-state index contributed by atoms with van der Waals surface area (Å²) in [6, 6.07) is 10.3. The van der Waals surface area contributed by atoms with Crippen LogP contribution in [0.15, 0.2) is 47.4 Å². The van der Waals surface area contributed by atoms with Gasteiger partial charge in [-0.15, -0.1) is 0 Å². The highest BCUT2D eigenvalue weighted by Gasteiger charge is 2.36. The Kier molecular flexibility index (Phi) is 4.04. The van der Waals surface area contributed by atoms with Crippen molar-refractivity contribution in [3.8, 4) is 0 Å². The Labute approximate surface area is 139 Å². The molecule has 0 saturated carbocycles. The molecule has 0 aliphatic carbocycles. The molecule has 24 heavy (non-hydrogen) atoms. The van der Waals surface area contributed by atoms with Crippen LogP contribution in [-0.4, -0.2) is 28.0 Å². The van der Waals surface area contributed by atoms with Crippen molar-refractivity contribution >= 4 is 21.7 Å². The molecule has 1 heterocycles. The molecule has 0 spiro atoms. The van der Waals surface area contributed by atoms with Gasteiger partial charge in [-0.05, 0) is 29.8 Å². The molecule has 1 atom stereocenters. The van der Waals surface area contributed by atoms with Crippen LogP contribution < -0.4 is 4.31 Å². The van der Waals surface area contributed by atoms with E-state index in [1.54, 1.807) is 12.1 Å². The smallest absolute Gasteiger partial charge is 0.337 e. The molecule has 0 fully saturated rings. The summed E-state index contributed by atoms with van der Waals surface area (Å²) in [5.74, 6) is -1.62. The molecule has 2 aromatic rings. The number of hydrogen-bond acceptors (Lipinski definition) is 4. The standard InChI is InChI=1S/C17H16FNO4S/c1-11-10-19(15-6-4-3-5-13(11)15)24(21,22)16-9-12(17(20)23-2)7-8-14(16)18/h3-9,11H,10H2,1-2H3. The maximum Gasteiger partial charge on any atom is 0.337 e. The van der Waals surface area contributed by atoms with Gasteiger partial charge in [0, 0.05) is 12.5 Å². The zero-order chi connectivity index (χ0) is 17.5. The number of methoxy groups -OCH3 is 1. The molecule has 0 saturated heterocycles. The molecule has 1 aliphatic rings. The fourth-order valence-corrected chi connectivity index (χ4v) is 4.54. The number of para-hydroxylation sites is 1. The van der Waals surface area contributed by atoms with E-state index in [1.807, 2.05) is 19.1 Å². The summed E-state index contributed by atoms with van der Waals surface area (Å²) in [4.78, 5) is 11.1. The van der Waals surface area contributed by atoms with Crippen molar-refractivity contribution in [1.82, 2.24) is 0 Å². The van der Waals surface area contributed by atoms with Crippen LogP contribution in [0.2, 0.25) is 0 Å². The maximum absolute atomic E-state index is 14.2. The second-order valence-corrected chi connectivity index (χ2v) is 7.46. The Morgan fingerprint density at radius 1 is 1.25 bits per heavy atom. The molecule has 0 bridgehead atoms. The summed E-state index contributed by atoms with van der Waals surface area (Å²) in [6.07, 6.45) is 0. The third kappa shape index (κ3) is 2.54. The van der Waals surface area contributed by atoms with Gasteiger partial charge in [0.1, 0.15) is 10.7 Å². The lowest BCUT2D eigenvalue weighted by Gasteiger charge is -2.20. The highest BCUT2D eigenvalue weighted by atomic mass is 32.2. The highest BCUT2D eigenvalue weighted by Crippen LogP contribution is 2.39. The number of nitrogens with zero attached hydrogens (tertiary/aromatic N) is 1. The first-order valence-electron chi connectivity index (χ1n) is 7.36. The molecule has 0 radical (unpaired) electrons. The fourth-order valence-electron chi connectivity index (χ4n) is 2.87. The van der Waals surface area contributed by atoms with Crippen molar-refractivity contribution in [3.63, 3.8) is 0 Å². The minimum atomic E-state index is -4.13. The van der Waals surface area contributed by atoms with Gasteiger partial charge in [-0.1, -0.05) is 25.1 Å². The number of fused-ring (bicyclic) bond motifs is 1. The summed E-state index contributed by atoms with van der Waals surface area (Å²) in [7, 11) is -2.95. The number of carbonyl (C=O) groups is 1. The predicted molar refractivity (Wildman–Crippen MR) is 87.1 cm³/mol. The highest BCUT2D eigenvalue weighted by molar-refractivity contribution is 7.92. The van der Waals surface area contributed by atoms with E-state index in [9.17, 15) is 17.6 Å². The maximum atomic E-state index is 14.2. The first-order valence-corrected chi connectivity index (χ1v) is 8.80. The Bertz CT molecular complexity index is 911. The number of sulfonamides is 1. The van der Waals surface area contributed by atoms with Crippen molar-refractivity contribution in [3.05, 3.63) is 59.4 Å². The van der Waals surface area contributed by atoms with Gasteiger partial charge in [-0.25, -0.2) is 17.6 Å². The van der Waals surface area contributed by atoms with Gasteiger partial charge >= 0.3 is 5.97 Å². The average Bonchev–Trinajstić information content (AvgIpc) is 2.92. The van der Waals surface area contributed by atoms with E-state index in [1.165, 1.54) is 17.5 Å². The van der Waals surface area contributed by atoms with Crippen molar-refractivity contribution < 1.29 is 22.3 Å². The van der Waals surface area contributed by atoms with Gasteiger partial charge < -0.3 is 4.74 Å². The summed E-state index contributed by atoms with van der Waals surface area (Å²) in [5, 5.41) is 0. The topological polar surface area (TPSA) is 63.7 Å². The molecule has 0 N–H and O–H groups in total. The van der Waals surface area contributed by atoms with Gasteiger partial charge in [-0.3, -0.25) is 4.31 Å². The van der Waals surface area contributed by atoms with E-state index in [2.05, 4.69) is 4.74 Å². The van der Waals surface area contributed by atoms with Crippen LogP contribution in [0.3, 0.4) is 0 Å². The molecule has 2 aromatic carbocycles. The SMILES string of the molecule is COC(=O)c1ccc(F)c(S(=O)(=O)N2CC(C)c3ccccc32)c1. The van der Waals surface area contributed by atoms with Crippen molar-refractivity contribution in [1.29, 1.82) is 0 Å². The van der Waals surface area contributed by atoms with Crippen LogP contribution >= 0.6 is 0 Å². The molecule has 3 rings (SSSR count). The lowest BCUT2D eigenvalue weighted by atomic mass is 10.0. The molecule has 126 valence electrons. The number of rotatable bonds is 3. The van der Waals surface area contributed by atoms with Gasteiger partial charge in [0.2, 0.25) is 0 Å². The number of carbonyl (C=O) groups excluding carboxylic acids is 1. The van der Waals surface area contributed by atoms with Crippen molar-refractivity contribution in [2.75, 3.05) is 18.0 Å². The number of benzene rings is 2. The van der Waals surface area contributed by atoms with E-state index in [0.29, 0.717) is 5.69 Å². The molecule has 1 unspecified atom stereocenters. The van der Waals surface area contributed by atoms with Gasteiger partial charge in [-0.2, -0.15) is 0 Å². The zero-order valence-electron chi connectivity index (χ0n) is 13.2. The van der Waals surface area contributed by atoms with E-state index >= 15 is 0 Å². The second-order valence-electron chi connectivity index (χ2n) is 5.63. The normalized spacial score (nSPS) is 16.8. The van der Waals surface area contributed by atoms with Crippen molar-refractivity contribution in [2.24, 2.45) is 0 Å². The zero-order valence-corrected chi connectivity index (χ0v) is 14.0. The lowest BCUT2D eigenvalue weighted by molar-refractivity contribution is 0.0600. The number of anilines is 1. The molecular weight excluding hydrogens is 333 g/mol. The number of halogens is 1. The molecule has 7 heteroatoms. The monoisotopic (exact) mass is 349 g/mol. The van der Waals surface area contributed by atoms with E-state index < -0.39 is 26.7 Å². The van der Waals surface area contributed by atoms with Crippen LogP contribution in [-0.2, 0) is 14.8 Å². The van der Waals surface area contributed by atoms with Crippen molar-refractivity contribution in [2.45, 2.75) is 17.7 Å². The molecule has 1 aliphatic heterocycles. The number of hydrogen-bond donors (Lipinski definition) is 0. The molecule has 0 amide bonds. The van der Waals surface area contributed by atoms with Crippen LogP contribution in [0.25, 0.3) is 0 Å². The minimum absolute atomic E-state index is 0.00262. The third-order valence-corrected chi connectivity index (χ3v) is 5.89. The summed E-state index contributed by atoms with van der Waals surface area (Å²) in [5.41, 5.74) is 1.41. The van der Waals surface area contributed by atoms with Crippen LogP contribution in [0.1, 0.15) is 28.8 Å². The fraction of sp³-hybridized carbons (Fsp3) is 0.235. The van der Waals surface area contributed by atoms with Crippen LogP contribution in [0.4, 0.5) is 10.1 Å². The third-order valence-electron chi connectivity index (χ3n) is 4.10. The number of esters is 1. The summed E-state index contributed by atoms with van der Waals surface area (Å²) in [6.45, 7) is 2.14. The summed E-state index contributed by atoms with van der Waals surface area (Å²) >= 11 is 0. The van der Waals surface area contributed by atoms with Gasteiger partial charge in [0.15, 0.2) is 0 Å². The van der Waals surface area contributed by atoms with E-state index in [0.717, 1.165) is 17.7 Å². The average molecular weight is 349 g/mol. The Balaban J connectivity index is 2.11. The molecule has 5 nitrogen and oxygen atoms in total. The Morgan fingerprint density at radius 3 is 2.67 bits per heavy atom. The first-order chi connectivity index (χ1) is 11.4. The Morgan fingerprint density at radius 2 is 1.96 bits per heavy atom. The summed E-state index contributed by atoms with van der Waals surface area (Å²) < 4.78 is 45.9. The first kappa shape index (κ1) is 16.4. The van der Waals surface area contributed by atoms with Crippen LogP contribution in [0, 0.1) is 5.82 Å². The lowest BCUT2D eigenvalue weighted by Crippen LogP contribution is -2.30. The predicted octanol–water partition coefficient (Wildman–Crippen LogP) is 2.92.